The summed E-state index contributed by atoms with van der Waals surface area (Å²) in [5, 5.41) is 1.12. The molecule has 2 aliphatic heterocycles. The Morgan fingerprint density at radius 1 is 1.50 bits per heavy atom. The minimum absolute atomic E-state index is 0.0728. The van der Waals surface area contributed by atoms with Crippen molar-refractivity contribution in [3.05, 3.63) is 39.4 Å². The number of ether oxygens (including phenoxy) is 3. The summed E-state index contributed by atoms with van der Waals surface area (Å²) in [6.07, 6.45) is 1.35. The van der Waals surface area contributed by atoms with E-state index in [9.17, 15) is 9.59 Å². The van der Waals surface area contributed by atoms with Gasteiger partial charge in [0.25, 0.3) is 0 Å². The lowest BCUT2D eigenvalue weighted by atomic mass is 10.1. The second kappa shape index (κ2) is 7.46. The van der Waals surface area contributed by atoms with E-state index in [1.807, 2.05) is 0 Å². The number of fused-ring (bicyclic) bond motifs is 1. The molecule has 1 aromatic rings. The monoisotopic (exact) mass is 369 g/mol. The number of hydrogen-bond donors (Lipinski definition) is 0. The van der Waals surface area contributed by atoms with Gasteiger partial charge in [-0.1, -0.05) is 23.4 Å². The van der Waals surface area contributed by atoms with Crippen molar-refractivity contribution in [3.8, 4) is 5.75 Å². The molecule has 128 valence electrons. The molecule has 3 rings (SSSR count). The van der Waals surface area contributed by atoms with Gasteiger partial charge in [0.1, 0.15) is 5.75 Å². The third kappa shape index (κ3) is 3.68. The number of thioether (sulfide) groups is 1. The molecule has 24 heavy (non-hydrogen) atoms. The van der Waals surface area contributed by atoms with E-state index in [2.05, 4.69) is 0 Å². The number of carbonyl (C=O) groups excluding carboxylic acids is 2. The number of nitrogens with zero attached hydrogens (tertiary/aromatic N) is 1. The van der Waals surface area contributed by atoms with Gasteiger partial charge in [-0.2, -0.15) is 0 Å². The van der Waals surface area contributed by atoms with Gasteiger partial charge in [0.05, 0.1) is 36.6 Å². The summed E-state index contributed by atoms with van der Waals surface area (Å²) in [5.41, 5.74) is 1.63. The van der Waals surface area contributed by atoms with Crippen LogP contribution in [-0.4, -0.2) is 35.9 Å². The topological polar surface area (TPSA) is 65.1 Å². The maximum absolute atomic E-state index is 12.2. The maximum atomic E-state index is 12.2. The van der Waals surface area contributed by atoms with Crippen molar-refractivity contribution in [1.29, 1.82) is 0 Å². The zero-order valence-electron chi connectivity index (χ0n) is 13.0. The summed E-state index contributed by atoms with van der Waals surface area (Å²) in [6.45, 7) is 2.88. The summed E-state index contributed by atoms with van der Waals surface area (Å²) in [7, 11) is 0. The number of benzene rings is 1. The maximum Gasteiger partial charge on any atom is 0.333 e. The molecule has 2 heterocycles. The van der Waals surface area contributed by atoms with Gasteiger partial charge in [-0.3, -0.25) is 4.79 Å². The molecule has 0 bridgehead atoms. The number of rotatable bonds is 4. The molecule has 0 aromatic heterocycles. The first-order valence-corrected chi connectivity index (χ1v) is 8.78. The molecule has 0 saturated carbocycles. The lowest BCUT2D eigenvalue weighted by Crippen LogP contribution is -2.25. The van der Waals surface area contributed by atoms with Crippen LogP contribution in [0.25, 0.3) is 0 Å². The quantitative estimate of drug-likeness (QED) is 0.600. The molecule has 1 saturated heterocycles. The molecule has 0 N–H and O–H groups in total. The van der Waals surface area contributed by atoms with Gasteiger partial charge in [0.2, 0.25) is 5.91 Å². The molecule has 0 spiro atoms. The van der Waals surface area contributed by atoms with Gasteiger partial charge in [-0.25, -0.2) is 4.79 Å². The summed E-state index contributed by atoms with van der Waals surface area (Å²) in [5.74, 6) is 0.442. The second-order valence-corrected chi connectivity index (χ2v) is 6.60. The number of esters is 1. The van der Waals surface area contributed by atoms with Crippen LogP contribution >= 0.6 is 23.4 Å². The second-order valence-electron chi connectivity index (χ2n) is 5.17. The van der Waals surface area contributed by atoms with Crippen molar-refractivity contribution >= 4 is 35.2 Å². The van der Waals surface area contributed by atoms with Crippen molar-refractivity contribution in [2.75, 3.05) is 19.2 Å². The van der Waals surface area contributed by atoms with E-state index in [4.69, 9.17) is 25.8 Å². The zero-order valence-corrected chi connectivity index (χ0v) is 14.6. The van der Waals surface area contributed by atoms with Gasteiger partial charge < -0.3 is 19.1 Å². The first-order chi connectivity index (χ1) is 11.6. The van der Waals surface area contributed by atoms with Crippen molar-refractivity contribution in [1.82, 2.24) is 4.90 Å². The Morgan fingerprint density at radius 2 is 2.33 bits per heavy atom. The van der Waals surface area contributed by atoms with E-state index in [0.717, 1.165) is 11.1 Å². The Hall–Kier alpha value is -1.70. The van der Waals surface area contributed by atoms with Gasteiger partial charge in [0, 0.05) is 16.1 Å². The average Bonchev–Trinajstić information content (AvgIpc) is 2.88. The molecule has 8 heteroatoms. The first-order valence-electron chi connectivity index (χ1n) is 7.42. The van der Waals surface area contributed by atoms with Gasteiger partial charge >= 0.3 is 5.97 Å². The van der Waals surface area contributed by atoms with E-state index in [0.29, 0.717) is 22.4 Å². The van der Waals surface area contributed by atoms with Gasteiger partial charge in [-0.15, -0.1) is 0 Å². The Morgan fingerprint density at radius 3 is 3.12 bits per heavy atom. The molecular weight excluding hydrogens is 354 g/mol. The molecule has 0 unspecified atom stereocenters. The molecule has 1 amide bonds. The molecule has 0 aliphatic carbocycles. The number of carbonyl (C=O) groups is 2. The smallest absolute Gasteiger partial charge is 0.333 e. The zero-order chi connectivity index (χ0) is 17.1. The lowest BCUT2D eigenvalue weighted by molar-refractivity contribution is -0.137. The molecule has 6 nitrogen and oxygen atoms in total. The third-order valence-corrected chi connectivity index (χ3v) is 4.76. The van der Waals surface area contributed by atoms with Crippen molar-refractivity contribution in [2.24, 2.45) is 0 Å². The molecule has 0 atom stereocenters. The van der Waals surface area contributed by atoms with Crippen LogP contribution in [0.15, 0.2) is 23.2 Å². The molecule has 1 fully saturated rings. The Labute approximate surface area is 148 Å². The fraction of sp³-hybridized carbons (Fsp3) is 0.375. The first kappa shape index (κ1) is 17.1. The van der Waals surface area contributed by atoms with E-state index in [1.54, 1.807) is 24.0 Å². The van der Waals surface area contributed by atoms with E-state index >= 15 is 0 Å². The van der Waals surface area contributed by atoms with Crippen LogP contribution in [0.1, 0.15) is 18.1 Å². The fourth-order valence-corrected chi connectivity index (χ4v) is 3.72. The highest BCUT2D eigenvalue weighted by molar-refractivity contribution is 8.04. The van der Waals surface area contributed by atoms with Crippen LogP contribution in [0.5, 0.6) is 5.75 Å². The van der Waals surface area contributed by atoms with Crippen molar-refractivity contribution < 1.29 is 23.8 Å². The largest absolute Gasteiger partial charge is 0.467 e. The summed E-state index contributed by atoms with van der Waals surface area (Å²) in [6, 6.07) is 3.55. The Balaban J connectivity index is 1.87. The van der Waals surface area contributed by atoms with Crippen LogP contribution in [0.2, 0.25) is 5.02 Å². The van der Waals surface area contributed by atoms with E-state index in [1.165, 1.54) is 17.8 Å². The van der Waals surface area contributed by atoms with Crippen LogP contribution in [0, 0.1) is 0 Å². The third-order valence-electron chi connectivity index (χ3n) is 3.52. The van der Waals surface area contributed by atoms with Gasteiger partial charge in [-0.05, 0) is 19.1 Å². The highest BCUT2D eigenvalue weighted by Crippen LogP contribution is 2.36. The predicted molar refractivity (Wildman–Crippen MR) is 89.5 cm³/mol. The van der Waals surface area contributed by atoms with E-state index < -0.39 is 5.97 Å². The Bertz CT molecular complexity index is 706. The average molecular weight is 370 g/mol. The predicted octanol–water partition coefficient (Wildman–Crippen LogP) is 2.69. The van der Waals surface area contributed by atoms with Crippen molar-refractivity contribution in [3.63, 3.8) is 0 Å². The van der Waals surface area contributed by atoms with Crippen LogP contribution < -0.4 is 4.74 Å². The lowest BCUT2D eigenvalue weighted by Gasteiger charge is -2.24. The van der Waals surface area contributed by atoms with Crippen LogP contribution in [0.3, 0.4) is 0 Å². The number of halogens is 1. The standard InChI is InChI=1S/C16H16ClNO5S/c1-2-22-15(20)5-14-18(13(19)8-24-14)6-10-3-12(17)4-11-7-21-9-23-16(10)11/h3-5H,2,6-9H2,1H3. The highest BCUT2D eigenvalue weighted by atomic mass is 35.5. The molecular formula is C16H16ClNO5S. The highest BCUT2D eigenvalue weighted by Gasteiger charge is 2.29. The van der Waals surface area contributed by atoms with Crippen LogP contribution in [-0.2, 0) is 32.2 Å². The fourth-order valence-electron chi connectivity index (χ4n) is 2.53. The number of amides is 1. The summed E-state index contributed by atoms with van der Waals surface area (Å²) < 4.78 is 15.8. The minimum Gasteiger partial charge on any atom is -0.467 e. The van der Waals surface area contributed by atoms with Gasteiger partial charge in [0.15, 0.2) is 6.79 Å². The van der Waals surface area contributed by atoms with Crippen LogP contribution in [0.4, 0.5) is 0 Å². The molecule has 1 aromatic carbocycles. The summed E-state index contributed by atoms with van der Waals surface area (Å²) >= 11 is 7.47. The van der Waals surface area contributed by atoms with E-state index in [-0.39, 0.29) is 31.6 Å². The molecule has 2 aliphatic rings. The Kier molecular flexibility index (Phi) is 5.33. The normalized spacial score (nSPS) is 18.5. The number of hydrogen-bond acceptors (Lipinski definition) is 6. The summed E-state index contributed by atoms with van der Waals surface area (Å²) in [4.78, 5) is 25.4. The van der Waals surface area contributed by atoms with Crippen molar-refractivity contribution in [2.45, 2.75) is 20.1 Å². The minimum atomic E-state index is -0.461. The molecule has 0 radical (unpaired) electrons. The SMILES string of the molecule is CCOC(=O)C=C1SCC(=O)N1Cc1cc(Cl)cc2c1OCOC2.